The van der Waals surface area contributed by atoms with Crippen LogP contribution in [0.2, 0.25) is 5.02 Å². The Hall–Kier alpha value is -0.680. The standard InChI is InChI=1S/C14H17ClF2N2.ClH/c1-2-3-12(19-8-6-18-7-9-19)13-11(16)5-4-10(15)14(13)17;/h2,4-5,12,18H,1,3,6-9H2;1H/t12-;/m0./s1. The lowest BCUT2D eigenvalue weighted by molar-refractivity contribution is 0.168. The molecule has 1 fully saturated rings. The smallest absolute Gasteiger partial charge is 0.149 e. The van der Waals surface area contributed by atoms with E-state index >= 15 is 0 Å². The molecule has 1 N–H and O–H groups in total. The summed E-state index contributed by atoms with van der Waals surface area (Å²) >= 11 is 5.77. The Bertz CT molecular complexity index is 463. The minimum Gasteiger partial charge on any atom is -0.314 e. The van der Waals surface area contributed by atoms with Gasteiger partial charge in [-0.25, -0.2) is 8.78 Å². The Morgan fingerprint density at radius 2 is 2.00 bits per heavy atom. The number of halogens is 4. The van der Waals surface area contributed by atoms with Gasteiger partial charge in [0.15, 0.2) is 0 Å². The van der Waals surface area contributed by atoms with E-state index in [0.717, 1.165) is 26.2 Å². The Labute approximate surface area is 129 Å². The van der Waals surface area contributed by atoms with Gasteiger partial charge < -0.3 is 5.32 Å². The molecule has 0 radical (unpaired) electrons. The SMILES string of the molecule is C=CC[C@@H](c1c(F)ccc(Cl)c1F)N1CCNCC1.Cl. The van der Waals surface area contributed by atoms with Crippen LogP contribution < -0.4 is 5.32 Å². The van der Waals surface area contributed by atoms with Gasteiger partial charge >= 0.3 is 0 Å². The number of hydrogen-bond acceptors (Lipinski definition) is 2. The molecule has 112 valence electrons. The van der Waals surface area contributed by atoms with Gasteiger partial charge in [-0.05, 0) is 18.6 Å². The topological polar surface area (TPSA) is 15.3 Å². The van der Waals surface area contributed by atoms with Gasteiger partial charge in [0.25, 0.3) is 0 Å². The van der Waals surface area contributed by atoms with E-state index in [9.17, 15) is 8.78 Å². The van der Waals surface area contributed by atoms with Crippen LogP contribution in [0, 0.1) is 11.6 Å². The number of nitrogens with zero attached hydrogens (tertiary/aromatic N) is 1. The Morgan fingerprint density at radius 3 is 2.60 bits per heavy atom. The number of hydrogen-bond donors (Lipinski definition) is 1. The fourth-order valence-corrected chi connectivity index (χ4v) is 2.61. The molecule has 1 atom stereocenters. The van der Waals surface area contributed by atoms with Crippen molar-refractivity contribution in [3.63, 3.8) is 0 Å². The molecule has 0 aromatic heterocycles. The summed E-state index contributed by atoms with van der Waals surface area (Å²) in [6, 6.07) is 2.12. The quantitative estimate of drug-likeness (QED) is 0.673. The van der Waals surface area contributed by atoms with Crippen LogP contribution in [0.5, 0.6) is 0 Å². The molecule has 6 heteroatoms. The number of piperazine rings is 1. The molecular formula is C14H18Cl2F2N2. The maximum atomic E-state index is 14.1. The highest BCUT2D eigenvalue weighted by Crippen LogP contribution is 2.32. The Morgan fingerprint density at radius 1 is 1.35 bits per heavy atom. The fraction of sp³-hybridized carbons (Fsp3) is 0.429. The van der Waals surface area contributed by atoms with Crippen LogP contribution in [0.1, 0.15) is 18.0 Å². The normalized spacial score (nSPS) is 17.4. The minimum atomic E-state index is -0.660. The third-order valence-corrected chi connectivity index (χ3v) is 3.69. The minimum absolute atomic E-state index is 0. The Kier molecular flexibility index (Phi) is 6.89. The van der Waals surface area contributed by atoms with E-state index in [4.69, 9.17) is 11.6 Å². The molecule has 1 aliphatic rings. The third-order valence-electron chi connectivity index (χ3n) is 3.39. The van der Waals surface area contributed by atoms with Gasteiger partial charge in [-0.1, -0.05) is 17.7 Å². The Balaban J connectivity index is 0.00000200. The summed E-state index contributed by atoms with van der Waals surface area (Å²) < 4.78 is 28.1. The first kappa shape index (κ1) is 17.4. The van der Waals surface area contributed by atoms with Crippen LogP contribution in [-0.2, 0) is 0 Å². The summed E-state index contributed by atoms with van der Waals surface area (Å²) in [5.41, 5.74) is 0.0503. The molecule has 1 aliphatic heterocycles. The highest BCUT2D eigenvalue weighted by atomic mass is 35.5. The monoisotopic (exact) mass is 322 g/mol. The zero-order valence-electron chi connectivity index (χ0n) is 11.0. The maximum absolute atomic E-state index is 14.1. The van der Waals surface area contributed by atoms with Gasteiger partial charge in [0.05, 0.1) is 5.02 Å². The average molecular weight is 323 g/mol. The second kappa shape index (κ2) is 7.93. The molecule has 1 saturated heterocycles. The van der Waals surface area contributed by atoms with E-state index in [-0.39, 0.29) is 29.0 Å². The molecule has 1 aromatic rings. The van der Waals surface area contributed by atoms with E-state index in [1.807, 2.05) is 0 Å². The van der Waals surface area contributed by atoms with Crippen molar-refractivity contribution in [2.45, 2.75) is 12.5 Å². The van der Waals surface area contributed by atoms with E-state index < -0.39 is 11.6 Å². The first-order valence-corrected chi connectivity index (χ1v) is 6.72. The summed E-state index contributed by atoms with van der Waals surface area (Å²) in [5, 5.41) is 3.18. The van der Waals surface area contributed by atoms with Gasteiger partial charge in [0.2, 0.25) is 0 Å². The fourth-order valence-electron chi connectivity index (χ4n) is 2.45. The summed E-state index contributed by atoms with van der Waals surface area (Å²) in [6.45, 7) is 6.82. The van der Waals surface area contributed by atoms with Gasteiger partial charge in [-0.3, -0.25) is 4.90 Å². The van der Waals surface area contributed by atoms with E-state index in [2.05, 4.69) is 16.8 Å². The second-order valence-electron chi connectivity index (χ2n) is 4.58. The van der Waals surface area contributed by atoms with Crippen LogP contribution in [0.4, 0.5) is 8.78 Å². The molecule has 0 aliphatic carbocycles. The van der Waals surface area contributed by atoms with Gasteiger partial charge in [-0.2, -0.15) is 0 Å². The van der Waals surface area contributed by atoms with Crippen LogP contribution in [-0.4, -0.2) is 31.1 Å². The number of nitrogens with one attached hydrogen (secondary N) is 1. The van der Waals surface area contributed by atoms with E-state index in [0.29, 0.717) is 6.42 Å². The molecule has 20 heavy (non-hydrogen) atoms. The summed E-state index contributed by atoms with van der Waals surface area (Å²) in [5.74, 6) is -1.21. The zero-order chi connectivity index (χ0) is 13.8. The van der Waals surface area contributed by atoms with Crippen molar-refractivity contribution in [3.8, 4) is 0 Å². The van der Waals surface area contributed by atoms with Crippen molar-refractivity contribution in [1.29, 1.82) is 0 Å². The van der Waals surface area contributed by atoms with Crippen molar-refractivity contribution < 1.29 is 8.78 Å². The molecule has 0 bridgehead atoms. The molecule has 0 spiro atoms. The molecular weight excluding hydrogens is 305 g/mol. The predicted octanol–water partition coefficient (Wildman–Crippen LogP) is 3.56. The lowest BCUT2D eigenvalue weighted by Gasteiger charge is -2.35. The van der Waals surface area contributed by atoms with Crippen LogP contribution >= 0.6 is 24.0 Å². The van der Waals surface area contributed by atoms with Crippen molar-refractivity contribution in [3.05, 3.63) is 47.0 Å². The van der Waals surface area contributed by atoms with E-state index in [1.165, 1.54) is 12.1 Å². The highest BCUT2D eigenvalue weighted by Gasteiger charge is 2.27. The number of benzene rings is 1. The summed E-state index contributed by atoms with van der Waals surface area (Å²) in [6.07, 6.45) is 2.18. The van der Waals surface area contributed by atoms with Gasteiger partial charge in [0, 0.05) is 37.8 Å². The molecule has 0 amide bonds. The van der Waals surface area contributed by atoms with Crippen LogP contribution in [0.25, 0.3) is 0 Å². The molecule has 2 nitrogen and oxygen atoms in total. The molecule has 0 saturated carbocycles. The van der Waals surface area contributed by atoms with Crippen molar-refractivity contribution in [2.24, 2.45) is 0 Å². The van der Waals surface area contributed by atoms with Crippen molar-refractivity contribution in [1.82, 2.24) is 10.2 Å². The third kappa shape index (κ3) is 3.70. The second-order valence-corrected chi connectivity index (χ2v) is 4.99. The molecule has 1 aromatic carbocycles. The zero-order valence-corrected chi connectivity index (χ0v) is 12.6. The van der Waals surface area contributed by atoms with Crippen LogP contribution in [0.3, 0.4) is 0 Å². The largest absolute Gasteiger partial charge is 0.314 e. The predicted molar refractivity (Wildman–Crippen MR) is 80.6 cm³/mol. The van der Waals surface area contributed by atoms with Gasteiger partial charge in [0.1, 0.15) is 11.6 Å². The summed E-state index contributed by atoms with van der Waals surface area (Å²) in [7, 11) is 0. The first-order valence-electron chi connectivity index (χ1n) is 6.34. The summed E-state index contributed by atoms with van der Waals surface area (Å²) in [4.78, 5) is 2.07. The molecule has 1 heterocycles. The lowest BCUT2D eigenvalue weighted by Crippen LogP contribution is -2.45. The first-order chi connectivity index (χ1) is 9.15. The lowest BCUT2D eigenvalue weighted by atomic mass is 10.00. The highest BCUT2D eigenvalue weighted by molar-refractivity contribution is 6.30. The van der Waals surface area contributed by atoms with E-state index in [1.54, 1.807) is 6.08 Å². The molecule has 0 unspecified atom stereocenters. The van der Waals surface area contributed by atoms with Crippen molar-refractivity contribution in [2.75, 3.05) is 26.2 Å². The number of rotatable bonds is 4. The van der Waals surface area contributed by atoms with Crippen LogP contribution in [0.15, 0.2) is 24.8 Å². The van der Waals surface area contributed by atoms with Crippen molar-refractivity contribution >= 4 is 24.0 Å². The average Bonchev–Trinajstić information content (AvgIpc) is 2.43. The van der Waals surface area contributed by atoms with Gasteiger partial charge in [-0.15, -0.1) is 19.0 Å². The maximum Gasteiger partial charge on any atom is 0.149 e. The molecule has 2 rings (SSSR count).